The van der Waals surface area contributed by atoms with Crippen LogP contribution >= 0.6 is 0 Å². The van der Waals surface area contributed by atoms with Crippen molar-refractivity contribution in [3.8, 4) is 0 Å². The van der Waals surface area contributed by atoms with E-state index in [2.05, 4.69) is 5.32 Å². The Balaban J connectivity index is 2.25. The fourth-order valence-electron chi connectivity index (χ4n) is 1.98. The Kier molecular flexibility index (Phi) is 3.98. The molecule has 104 valence electrons. The molecule has 0 aliphatic rings. The normalized spacial score (nSPS) is 11.9. The number of aryl methyl sites for hydroxylation is 1. The average Bonchev–Trinajstić information content (AvgIpc) is 2.41. The predicted octanol–water partition coefficient (Wildman–Crippen LogP) is 4.22. The molecule has 20 heavy (non-hydrogen) atoms. The minimum Gasteiger partial charge on any atom is -0.373 e. The highest BCUT2D eigenvalue weighted by molar-refractivity contribution is 5.63. The summed E-state index contributed by atoms with van der Waals surface area (Å²) in [7, 11) is 0. The molecular formula is C15H15FN2O2. The lowest BCUT2D eigenvalue weighted by molar-refractivity contribution is -0.384. The van der Waals surface area contributed by atoms with Gasteiger partial charge in [0.15, 0.2) is 0 Å². The molecule has 0 fully saturated rings. The molecule has 0 amide bonds. The Morgan fingerprint density at radius 2 is 1.85 bits per heavy atom. The van der Waals surface area contributed by atoms with Crippen LogP contribution in [-0.2, 0) is 0 Å². The molecule has 1 atom stereocenters. The molecule has 5 heteroatoms. The fraction of sp³-hybridized carbons (Fsp3) is 0.200. The molecular weight excluding hydrogens is 259 g/mol. The smallest absolute Gasteiger partial charge is 0.292 e. The van der Waals surface area contributed by atoms with Crippen LogP contribution in [0.25, 0.3) is 0 Å². The van der Waals surface area contributed by atoms with Gasteiger partial charge < -0.3 is 5.32 Å². The molecule has 1 N–H and O–H groups in total. The van der Waals surface area contributed by atoms with Crippen molar-refractivity contribution in [1.29, 1.82) is 0 Å². The largest absolute Gasteiger partial charge is 0.373 e. The molecule has 2 aromatic rings. The van der Waals surface area contributed by atoms with Gasteiger partial charge in [-0.25, -0.2) is 4.39 Å². The molecule has 0 saturated carbocycles. The zero-order valence-electron chi connectivity index (χ0n) is 11.3. The van der Waals surface area contributed by atoms with Crippen LogP contribution < -0.4 is 5.32 Å². The van der Waals surface area contributed by atoms with E-state index >= 15 is 0 Å². The van der Waals surface area contributed by atoms with E-state index in [0.29, 0.717) is 5.69 Å². The SMILES string of the molecule is Cc1ccc(NC(C)c2ccc(F)cc2)c([N+](=O)[O-])c1. The van der Waals surface area contributed by atoms with Crippen molar-refractivity contribution in [2.24, 2.45) is 0 Å². The summed E-state index contributed by atoms with van der Waals surface area (Å²) in [6, 6.07) is 10.9. The molecule has 0 aliphatic carbocycles. The minimum absolute atomic E-state index is 0.0407. The van der Waals surface area contributed by atoms with E-state index < -0.39 is 4.92 Å². The number of nitrogens with zero attached hydrogens (tertiary/aromatic N) is 1. The van der Waals surface area contributed by atoms with E-state index in [0.717, 1.165) is 11.1 Å². The van der Waals surface area contributed by atoms with Gasteiger partial charge in [-0.15, -0.1) is 0 Å². The van der Waals surface area contributed by atoms with Crippen molar-refractivity contribution in [3.05, 3.63) is 69.5 Å². The van der Waals surface area contributed by atoms with Gasteiger partial charge in [0, 0.05) is 12.1 Å². The summed E-state index contributed by atoms with van der Waals surface area (Å²) in [6.07, 6.45) is 0. The molecule has 0 radical (unpaired) electrons. The number of hydrogen-bond acceptors (Lipinski definition) is 3. The van der Waals surface area contributed by atoms with Gasteiger partial charge in [0.1, 0.15) is 11.5 Å². The van der Waals surface area contributed by atoms with Crippen LogP contribution in [0.4, 0.5) is 15.8 Å². The number of hydrogen-bond donors (Lipinski definition) is 1. The topological polar surface area (TPSA) is 55.2 Å². The summed E-state index contributed by atoms with van der Waals surface area (Å²) in [6.45, 7) is 3.68. The number of rotatable bonds is 4. The number of nitro groups is 1. The van der Waals surface area contributed by atoms with Crippen LogP contribution in [0.1, 0.15) is 24.1 Å². The summed E-state index contributed by atoms with van der Waals surface area (Å²) < 4.78 is 12.9. The van der Waals surface area contributed by atoms with E-state index in [1.165, 1.54) is 18.2 Å². The lowest BCUT2D eigenvalue weighted by atomic mass is 10.1. The summed E-state index contributed by atoms with van der Waals surface area (Å²) >= 11 is 0. The predicted molar refractivity (Wildman–Crippen MR) is 76.3 cm³/mol. The molecule has 2 rings (SSSR count). The quantitative estimate of drug-likeness (QED) is 0.671. The van der Waals surface area contributed by atoms with Crippen molar-refractivity contribution in [2.75, 3.05) is 5.32 Å². The molecule has 2 aromatic carbocycles. The van der Waals surface area contributed by atoms with Gasteiger partial charge in [0.25, 0.3) is 5.69 Å². The van der Waals surface area contributed by atoms with Crippen molar-refractivity contribution in [2.45, 2.75) is 19.9 Å². The Morgan fingerprint density at radius 1 is 1.20 bits per heavy atom. The van der Waals surface area contributed by atoms with Gasteiger partial charge in [-0.05, 0) is 43.2 Å². The Bertz CT molecular complexity index is 626. The third-order valence-electron chi connectivity index (χ3n) is 3.09. The van der Waals surface area contributed by atoms with Crippen LogP contribution in [0.3, 0.4) is 0 Å². The van der Waals surface area contributed by atoms with Gasteiger partial charge in [0.05, 0.1) is 4.92 Å². The van der Waals surface area contributed by atoms with E-state index in [4.69, 9.17) is 0 Å². The molecule has 0 aliphatic heterocycles. The Hall–Kier alpha value is -2.43. The molecule has 0 spiro atoms. The highest BCUT2D eigenvalue weighted by Crippen LogP contribution is 2.29. The lowest BCUT2D eigenvalue weighted by Gasteiger charge is -2.16. The molecule has 1 unspecified atom stereocenters. The van der Waals surface area contributed by atoms with Gasteiger partial charge in [-0.1, -0.05) is 18.2 Å². The van der Waals surface area contributed by atoms with Gasteiger partial charge in [0.2, 0.25) is 0 Å². The maximum atomic E-state index is 12.9. The first-order chi connectivity index (χ1) is 9.47. The zero-order valence-corrected chi connectivity index (χ0v) is 11.3. The van der Waals surface area contributed by atoms with E-state index in [-0.39, 0.29) is 17.5 Å². The zero-order chi connectivity index (χ0) is 14.7. The monoisotopic (exact) mass is 274 g/mol. The Morgan fingerprint density at radius 3 is 2.45 bits per heavy atom. The van der Waals surface area contributed by atoms with Crippen LogP contribution in [0, 0.1) is 22.9 Å². The van der Waals surface area contributed by atoms with Crippen LogP contribution in [-0.4, -0.2) is 4.92 Å². The number of benzene rings is 2. The first-order valence-electron chi connectivity index (χ1n) is 6.24. The third kappa shape index (κ3) is 3.12. The number of anilines is 1. The number of nitrogens with one attached hydrogen (secondary N) is 1. The second-order valence-electron chi connectivity index (χ2n) is 4.70. The summed E-state index contributed by atoms with van der Waals surface area (Å²) in [5.41, 5.74) is 2.19. The molecule has 0 heterocycles. The van der Waals surface area contributed by atoms with E-state index in [1.807, 2.05) is 13.0 Å². The number of nitro benzene ring substituents is 1. The van der Waals surface area contributed by atoms with Crippen LogP contribution in [0.15, 0.2) is 42.5 Å². The summed E-state index contributed by atoms with van der Waals surface area (Å²) in [5.74, 6) is -0.303. The van der Waals surface area contributed by atoms with Gasteiger partial charge in [-0.2, -0.15) is 0 Å². The molecule has 4 nitrogen and oxygen atoms in total. The van der Waals surface area contributed by atoms with Crippen LogP contribution in [0.2, 0.25) is 0 Å². The maximum Gasteiger partial charge on any atom is 0.292 e. The second kappa shape index (κ2) is 5.69. The Labute approximate surface area is 116 Å². The first-order valence-corrected chi connectivity index (χ1v) is 6.24. The van der Waals surface area contributed by atoms with Crippen LogP contribution in [0.5, 0.6) is 0 Å². The van der Waals surface area contributed by atoms with Crippen molar-refractivity contribution >= 4 is 11.4 Å². The summed E-state index contributed by atoms with van der Waals surface area (Å²) in [5, 5.41) is 14.1. The van der Waals surface area contributed by atoms with Crippen molar-refractivity contribution < 1.29 is 9.31 Å². The average molecular weight is 274 g/mol. The van der Waals surface area contributed by atoms with Crippen molar-refractivity contribution in [1.82, 2.24) is 0 Å². The highest BCUT2D eigenvalue weighted by Gasteiger charge is 2.16. The van der Waals surface area contributed by atoms with Gasteiger partial charge in [-0.3, -0.25) is 10.1 Å². The van der Waals surface area contributed by atoms with E-state index in [1.54, 1.807) is 25.1 Å². The first kappa shape index (κ1) is 14.0. The third-order valence-corrected chi connectivity index (χ3v) is 3.09. The lowest BCUT2D eigenvalue weighted by Crippen LogP contribution is -2.08. The summed E-state index contributed by atoms with van der Waals surface area (Å²) in [4.78, 5) is 10.6. The molecule has 0 aromatic heterocycles. The maximum absolute atomic E-state index is 12.9. The van der Waals surface area contributed by atoms with Crippen molar-refractivity contribution in [3.63, 3.8) is 0 Å². The second-order valence-corrected chi connectivity index (χ2v) is 4.70. The van der Waals surface area contributed by atoms with Gasteiger partial charge >= 0.3 is 0 Å². The molecule has 0 saturated heterocycles. The highest BCUT2D eigenvalue weighted by atomic mass is 19.1. The van der Waals surface area contributed by atoms with E-state index in [9.17, 15) is 14.5 Å². The number of halogens is 1. The molecule has 0 bridgehead atoms. The fourth-order valence-corrected chi connectivity index (χ4v) is 1.98. The minimum atomic E-state index is -0.410. The standard InChI is InChI=1S/C15H15FN2O2/c1-10-3-8-14(15(9-10)18(19)20)17-11(2)12-4-6-13(16)7-5-12/h3-9,11,17H,1-2H3.